The smallest absolute Gasteiger partial charge is 0.0926 e. The molecule has 0 spiro atoms. The van der Waals surface area contributed by atoms with Crippen LogP contribution in [0, 0.1) is 13.8 Å². The molecule has 28 heavy (non-hydrogen) atoms. The third-order valence-electron chi connectivity index (χ3n) is 5.50. The molecule has 142 valence electrons. The van der Waals surface area contributed by atoms with Crippen LogP contribution in [0.25, 0.3) is 5.69 Å². The highest BCUT2D eigenvalue weighted by Crippen LogP contribution is 2.34. The second-order valence-electron chi connectivity index (χ2n) is 7.42. The van der Waals surface area contributed by atoms with Crippen LogP contribution in [-0.2, 0) is 13.0 Å². The van der Waals surface area contributed by atoms with Gasteiger partial charge in [-0.1, -0.05) is 12.1 Å². The molecule has 4 aromatic rings. The van der Waals surface area contributed by atoms with E-state index in [-0.39, 0.29) is 6.04 Å². The highest BCUT2D eigenvalue weighted by atomic mass is 15.3. The minimum atomic E-state index is 0.0599. The number of hydrogen-bond acceptors (Lipinski definition) is 4. The maximum atomic E-state index is 4.65. The van der Waals surface area contributed by atoms with Gasteiger partial charge in [0.1, 0.15) is 0 Å². The van der Waals surface area contributed by atoms with Crippen LogP contribution < -0.4 is 0 Å². The summed E-state index contributed by atoms with van der Waals surface area (Å²) < 4.78 is 1.95. The minimum Gasteiger partial charge on any atom is -0.348 e. The molecule has 0 radical (unpaired) electrons. The summed E-state index contributed by atoms with van der Waals surface area (Å²) in [6.07, 6.45) is 8.60. The van der Waals surface area contributed by atoms with E-state index in [9.17, 15) is 0 Å². The van der Waals surface area contributed by atoms with Gasteiger partial charge in [0.25, 0.3) is 0 Å². The second-order valence-corrected chi connectivity index (χ2v) is 7.42. The van der Waals surface area contributed by atoms with E-state index >= 15 is 0 Å². The lowest BCUT2D eigenvalue weighted by atomic mass is 9.97. The Morgan fingerprint density at radius 2 is 2.04 bits per heavy atom. The van der Waals surface area contributed by atoms with Gasteiger partial charge in [-0.05, 0) is 31.5 Å². The van der Waals surface area contributed by atoms with Crippen molar-refractivity contribution < 1.29 is 0 Å². The number of nitrogens with zero attached hydrogens (tertiary/aromatic N) is 5. The number of benzene rings is 1. The molecule has 1 aliphatic heterocycles. The molecule has 7 heteroatoms. The Kier molecular flexibility index (Phi) is 4.09. The Balaban J connectivity index is 1.52. The van der Waals surface area contributed by atoms with Crippen LogP contribution in [0.4, 0.5) is 0 Å². The Labute approximate surface area is 163 Å². The fraction of sp³-hybridized carbons (Fsp3) is 0.286. The molecule has 5 rings (SSSR count). The molecule has 1 aromatic carbocycles. The highest BCUT2D eigenvalue weighted by Gasteiger charge is 2.32. The normalized spacial score (nSPS) is 17.0. The number of imidazole rings is 2. The Bertz CT molecular complexity index is 1100. The van der Waals surface area contributed by atoms with Gasteiger partial charge in [0.15, 0.2) is 0 Å². The second kappa shape index (κ2) is 6.76. The lowest BCUT2D eigenvalue weighted by Gasteiger charge is -2.34. The van der Waals surface area contributed by atoms with Crippen LogP contribution >= 0.6 is 0 Å². The van der Waals surface area contributed by atoms with E-state index in [2.05, 4.69) is 74.2 Å². The molecule has 2 N–H and O–H groups in total. The highest BCUT2D eigenvalue weighted by molar-refractivity contribution is 5.37. The fourth-order valence-electron chi connectivity index (χ4n) is 3.99. The number of aromatic nitrogens is 6. The van der Waals surface area contributed by atoms with E-state index in [0.717, 1.165) is 47.8 Å². The maximum absolute atomic E-state index is 4.65. The van der Waals surface area contributed by atoms with Crippen LogP contribution in [0.1, 0.15) is 39.9 Å². The zero-order valence-corrected chi connectivity index (χ0v) is 16.1. The zero-order chi connectivity index (χ0) is 19.1. The van der Waals surface area contributed by atoms with E-state index in [0.29, 0.717) is 0 Å². The SMILES string of the molecule is Cc1cccc(-n2cc([C@@H]3c4nc[nH]c4CCN3Cc3nc[nH]c3C)cn2)c1. The molecule has 0 saturated heterocycles. The lowest BCUT2D eigenvalue weighted by Crippen LogP contribution is -2.36. The van der Waals surface area contributed by atoms with Crippen molar-refractivity contribution in [1.29, 1.82) is 0 Å². The third kappa shape index (κ3) is 2.93. The molecule has 4 heterocycles. The number of aryl methyl sites for hydroxylation is 2. The number of rotatable bonds is 4. The molecule has 7 nitrogen and oxygen atoms in total. The predicted octanol–water partition coefficient (Wildman–Crippen LogP) is 3.08. The van der Waals surface area contributed by atoms with Gasteiger partial charge in [-0.15, -0.1) is 0 Å². The zero-order valence-electron chi connectivity index (χ0n) is 16.1. The Morgan fingerprint density at radius 3 is 2.86 bits per heavy atom. The van der Waals surface area contributed by atoms with Gasteiger partial charge in [0, 0.05) is 42.7 Å². The summed E-state index contributed by atoms with van der Waals surface area (Å²) in [5, 5.41) is 4.64. The van der Waals surface area contributed by atoms with Gasteiger partial charge in [-0.3, -0.25) is 4.90 Å². The summed E-state index contributed by atoms with van der Waals surface area (Å²) in [6.45, 7) is 5.89. The van der Waals surface area contributed by atoms with Gasteiger partial charge in [-0.2, -0.15) is 5.10 Å². The van der Waals surface area contributed by atoms with E-state index in [4.69, 9.17) is 0 Å². The Hall–Kier alpha value is -3.19. The number of fused-ring (bicyclic) bond motifs is 1. The van der Waals surface area contributed by atoms with Crippen molar-refractivity contribution in [3.05, 3.63) is 83.2 Å². The predicted molar refractivity (Wildman–Crippen MR) is 106 cm³/mol. The summed E-state index contributed by atoms with van der Waals surface area (Å²) in [7, 11) is 0. The van der Waals surface area contributed by atoms with E-state index in [1.807, 2.05) is 10.9 Å². The average molecular weight is 373 g/mol. The average Bonchev–Trinajstić information content (AvgIpc) is 3.43. The van der Waals surface area contributed by atoms with Gasteiger partial charge < -0.3 is 9.97 Å². The lowest BCUT2D eigenvalue weighted by molar-refractivity contribution is 0.198. The monoisotopic (exact) mass is 373 g/mol. The number of nitrogens with one attached hydrogen (secondary N) is 2. The first-order valence-electron chi connectivity index (χ1n) is 9.55. The summed E-state index contributed by atoms with van der Waals surface area (Å²) in [5.41, 5.74) is 7.92. The quantitative estimate of drug-likeness (QED) is 0.576. The maximum Gasteiger partial charge on any atom is 0.0926 e. The number of aromatic amines is 2. The van der Waals surface area contributed by atoms with Crippen molar-refractivity contribution in [2.45, 2.75) is 32.9 Å². The molecular weight excluding hydrogens is 350 g/mol. The van der Waals surface area contributed by atoms with Crippen molar-refractivity contribution >= 4 is 0 Å². The van der Waals surface area contributed by atoms with E-state index < -0.39 is 0 Å². The molecule has 0 fully saturated rings. The number of H-pyrrole nitrogens is 2. The van der Waals surface area contributed by atoms with Gasteiger partial charge in [0.2, 0.25) is 0 Å². The van der Waals surface area contributed by atoms with Gasteiger partial charge in [0.05, 0.1) is 42.0 Å². The molecule has 1 aliphatic rings. The van der Waals surface area contributed by atoms with Crippen LogP contribution in [-0.4, -0.2) is 41.2 Å². The summed E-state index contributed by atoms with van der Waals surface area (Å²) in [5.74, 6) is 0. The number of hydrogen-bond donors (Lipinski definition) is 2. The Morgan fingerprint density at radius 1 is 1.14 bits per heavy atom. The third-order valence-corrected chi connectivity index (χ3v) is 5.50. The molecule has 0 bridgehead atoms. The van der Waals surface area contributed by atoms with Gasteiger partial charge >= 0.3 is 0 Å². The van der Waals surface area contributed by atoms with Crippen LogP contribution in [0.5, 0.6) is 0 Å². The topological polar surface area (TPSA) is 78.4 Å². The van der Waals surface area contributed by atoms with Crippen LogP contribution in [0.3, 0.4) is 0 Å². The van der Waals surface area contributed by atoms with Crippen molar-refractivity contribution in [2.75, 3.05) is 6.54 Å². The van der Waals surface area contributed by atoms with Crippen LogP contribution in [0.15, 0.2) is 49.3 Å². The molecule has 0 aliphatic carbocycles. The largest absolute Gasteiger partial charge is 0.348 e. The van der Waals surface area contributed by atoms with Crippen molar-refractivity contribution in [1.82, 2.24) is 34.6 Å². The van der Waals surface area contributed by atoms with E-state index in [1.54, 1.807) is 12.7 Å². The van der Waals surface area contributed by atoms with Gasteiger partial charge in [-0.25, -0.2) is 14.6 Å². The van der Waals surface area contributed by atoms with Crippen LogP contribution in [0.2, 0.25) is 0 Å². The summed E-state index contributed by atoms with van der Waals surface area (Å²) >= 11 is 0. The molecule has 1 atom stereocenters. The molecule has 0 saturated carbocycles. The standard InChI is InChI=1S/C21H23N7/c1-14-4-3-5-17(8-14)28-10-16(9-26-28)21-20-18(23-13-25-20)6-7-27(21)11-19-15(2)22-12-24-19/h3-5,8-10,12-13,21H,6-7,11H2,1-2H3,(H,22,24)(H,23,25)/t21-/m1/s1. The van der Waals surface area contributed by atoms with E-state index in [1.165, 1.54) is 11.3 Å². The summed E-state index contributed by atoms with van der Waals surface area (Å²) in [6, 6.07) is 8.44. The summed E-state index contributed by atoms with van der Waals surface area (Å²) in [4.78, 5) is 18.1. The first kappa shape index (κ1) is 16.9. The first-order chi connectivity index (χ1) is 13.7. The molecular formula is C21H23N7. The van der Waals surface area contributed by atoms with Crippen molar-refractivity contribution in [2.24, 2.45) is 0 Å². The fourth-order valence-corrected chi connectivity index (χ4v) is 3.99. The van der Waals surface area contributed by atoms with Crippen molar-refractivity contribution in [3.63, 3.8) is 0 Å². The minimum absolute atomic E-state index is 0.0599. The molecule has 0 unspecified atom stereocenters. The molecule has 0 amide bonds. The molecule has 3 aromatic heterocycles. The first-order valence-corrected chi connectivity index (χ1v) is 9.55. The van der Waals surface area contributed by atoms with Crippen molar-refractivity contribution in [3.8, 4) is 5.69 Å².